The molecule has 1 aliphatic rings. The fourth-order valence-corrected chi connectivity index (χ4v) is 2.66. The number of hydrogen-bond acceptors (Lipinski definition) is 5. The van der Waals surface area contributed by atoms with Gasteiger partial charge in [-0.25, -0.2) is 4.98 Å². The second-order valence-corrected chi connectivity index (χ2v) is 5.68. The summed E-state index contributed by atoms with van der Waals surface area (Å²) in [6.07, 6.45) is -4.78. The van der Waals surface area contributed by atoms with E-state index in [-0.39, 0.29) is 36.7 Å². The van der Waals surface area contributed by atoms with E-state index in [1.807, 2.05) is 0 Å². The number of amides is 2. The second-order valence-electron chi connectivity index (χ2n) is 5.68. The van der Waals surface area contributed by atoms with Crippen LogP contribution >= 0.6 is 0 Å². The summed E-state index contributed by atoms with van der Waals surface area (Å²) < 4.78 is 43.4. The zero-order chi connectivity index (χ0) is 18.8. The average molecular weight is 361 g/mol. The molecule has 0 unspecified atom stereocenters. The zero-order valence-electron chi connectivity index (χ0n) is 13.6. The van der Waals surface area contributed by atoms with Crippen LogP contribution in [-0.2, 0) is 11.0 Å². The molecule has 1 aromatic rings. The number of halogens is 3. The van der Waals surface area contributed by atoms with Crippen LogP contribution in [0.4, 0.5) is 13.2 Å². The smallest absolute Gasteiger partial charge is 0.433 e. The van der Waals surface area contributed by atoms with Crippen molar-refractivity contribution in [3.63, 3.8) is 0 Å². The average Bonchev–Trinajstić information content (AvgIpc) is 2.93. The predicted molar refractivity (Wildman–Crippen MR) is 79.9 cm³/mol. The lowest BCUT2D eigenvalue weighted by Crippen LogP contribution is -2.30. The fourth-order valence-electron chi connectivity index (χ4n) is 2.66. The van der Waals surface area contributed by atoms with Gasteiger partial charge in [-0.05, 0) is 6.07 Å². The van der Waals surface area contributed by atoms with Crippen molar-refractivity contribution in [2.24, 2.45) is 5.92 Å². The van der Waals surface area contributed by atoms with Crippen LogP contribution < -0.4 is 10.1 Å². The van der Waals surface area contributed by atoms with E-state index in [1.54, 1.807) is 0 Å². The number of methoxy groups -OCH3 is 1. The zero-order valence-corrected chi connectivity index (χ0v) is 13.6. The molecule has 0 spiro atoms. The van der Waals surface area contributed by atoms with Crippen molar-refractivity contribution in [1.29, 1.82) is 0 Å². The van der Waals surface area contributed by atoms with E-state index in [9.17, 15) is 27.9 Å². The van der Waals surface area contributed by atoms with Crippen LogP contribution in [0.15, 0.2) is 12.3 Å². The van der Waals surface area contributed by atoms with Gasteiger partial charge in [0.15, 0.2) is 0 Å². The maximum atomic E-state index is 12.8. The lowest BCUT2D eigenvalue weighted by atomic mass is 10.0. The number of aliphatic hydroxyl groups excluding tert-OH is 1. The first-order chi connectivity index (χ1) is 11.7. The third kappa shape index (κ3) is 4.19. The van der Waals surface area contributed by atoms with Crippen molar-refractivity contribution in [3.8, 4) is 5.75 Å². The minimum Gasteiger partial charge on any atom is -0.494 e. The molecule has 2 rings (SSSR count). The molecule has 7 nitrogen and oxygen atoms in total. The number of alkyl halides is 3. The summed E-state index contributed by atoms with van der Waals surface area (Å²) in [7, 11) is 2.67. The highest BCUT2D eigenvalue weighted by Gasteiger charge is 2.38. The summed E-state index contributed by atoms with van der Waals surface area (Å²) >= 11 is 0. The largest absolute Gasteiger partial charge is 0.494 e. The molecule has 2 heterocycles. The molecule has 2 N–H and O–H groups in total. The molecule has 0 bridgehead atoms. The number of rotatable bonds is 4. The van der Waals surface area contributed by atoms with Crippen molar-refractivity contribution in [2.75, 3.05) is 27.2 Å². The Bertz CT molecular complexity index is 666. The Morgan fingerprint density at radius 3 is 2.68 bits per heavy atom. The van der Waals surface area contributed by atoms with E-state index in [0.717, 1.165) is 6.20 Å². The number of aromatic nitrogens is 1. The van der Waals surface area contributed by atoms with Gasteiger partial charge in [-0.1, -0.05) is 0 Å². The van der Waals surface area contributed by atoms with Gasteiger partial charge in [-0.3, -0.25) is 9.59 Å². The summed E-state index contributed by atoms with van der Waals surface area (Å²) in [4.78, 5) is 28.5. The van der Waals surface area contributed by atoms with Crippen molar-refractivity contribution in [1.82, 2.24) is 15.2 Å². The van der Waals surface area contributed by atoms with Gasteiger partial charge in [0.2, 0.25) is 5.91 Å². The van der Waals surface area contributed by atoms with Crippen LogP contribution in [0.1, 0.15) is 22.5 Å². The molecular formula is C15H18F3N3O4. The van der Waals surface area contributed by atoms with Crippen LogP contribution in [0.5, 0.6) is 5.75 Å². The topological polar surface area (TPSA) is 91.8 Å². The summed E-state index contributed by atoms with van der Waals surface area (Å²) in [5, 5.41) is 12.4. The van der Waals surface area contributed by atoms with Crippen molar-refractivity contribution in [3.05, 3.63) is 23.5 Å². The highest BCUT2D eigenvalue weighted by atomic mass is 19.4. The maximum Gasteiger partial charge on any atom is 0.433 e. The lowest BCUT2D eigenvalue weighted by molar-refractivity contribution is -0.141. The summed E-state index contributed by atoms with van der Waals surface area (Å²) in [5.41, 5.74) is -1.50. The number of β-amino-alcohol motifs (C(OH)–C–C–N with tert-alkyl or cyclic N) is 1. The number of carbonyl (C=O) groups excluding carboxylic acids is 2. The Labute approximate surface area is 141 Å². The first-order valence-electron chi connectivity index (χ1n) is 7.46. The van der Waals surface area contributed by atoms with E-state index in [2.05, 4.69) is 10.3 Å². The monoisotopic (exact) mass is 361 g/mol. The van der Waals surface area contributed by atoms with Crippen LogP contribution in [0.25, 0.3) is 0 Å². The number of aliphatic hydroxyl groups is 1. The molecule has 2 atom stereocenters. The molecule has 138 valence electrons. The van der Waals surface area contributed by atoms with Gasteiger partial charge in [0, 0.05) is 32.5 Å². The van der Waals surface area contributed by atoms with Gasteiger partial charge in [0.05, 0.1) is 25.0 Å². The number of likely N-dealkylation sites (tertiary alicyclic amines) is 1. The van der Waals surface area contributed by atoms with E-state index in [4.69, 9.17) is 4.74 Å². The van der Waals surface area contributed by atoms with E-state index in [1.165, 1.54) is 19.1 Å². The third-order valence-electron chi connectivity index (χ3n) is 4.03. The molecule has 0 aliphatic carbocycles. The van der Waals surface area contributed by atoms with Gasteiger partial charge in [-0.2, -0.15) is 13.2 Å². The van der Waals surface area contributed by atoms with E-state index in [0.29, 0.717) is 6.07 Å². The minimum absolute atomic E-state index is 0.0166. The molecular weight excluding hydrogens is 343 g/mol. The summed E-state index contributed by atoms with van der Waals surface area (Å²) in [6, 6.07) is 0.625. The van der Waals surface area contributed by atoms with Crippen molar-refractivity contribution >= 4 is 11.8 Å². The highest BCUT2D eigenvalue weighted by Crippen LogP contribution is 2.32. The first-order valence-corrected chi connectivity index (χ1v) is 7.46. The van der Waals surface area contributed by atoms with Crippen LogP contribution in [-0.4, -0.2) is 60.2 Å². The number of nitrogens with zero attached hydrogens (tertiary/aromatic N) is 2. The number of carbonyl (C=O) groups is 2. The Morgan fingerprint density at radius 1 is 1.44 bits per heavy atom. The molecule has 1 saturated heterocycles. The van der Waals surface area contributed by atoms with Gasteiger partial charge >= 0.3 is 6.18 Å². The number of nitrogens with one attached hydrogen (secondary N) is 1. The lowest BCUT2D eigenvalue weighted by Gasteiger charge is -2.18. The second kappa shape index (κ2) is 7.26. The summed E-state index contributed by atoms with van der Waals surface area (Å²) in [6.45, 7) is -0.0203. The van der Waals surface area contributed by atoms with Crippen LogP contribution in [0, 0.1) is 5.92 Å². The van der Waals surface area contributed by atoms with Crippen LogP contribution in [0.2, 0.25) is 0 Å². The van der Waals surface area contributed by atoms with E-state index < -0.39 is 29.8 Å². The minimum atomic E-state index is -4.70. The van der Waals surface area contributed by atoms with Gasteiger partial charge in [0.1, 0.15) is 11.4 Å². The van der Waals surface area contributed by atoms with E-state index >= 15 is 0 Å². The Kier molecular flexibility index (Phi) is 5.51. The number of ether oxygens (including phenoxy) is 1. The number of pyridine rings is 1. The van der Waals surface area contributed by atoms with Crippen molar-refractivity contribution < 1.29 is 32.6 Å². The van der Waals surface area contributed by atoms with Crippen LogP contribution in [0.3, 0.4) is 0 Å². The SMILES string of the molecule is CNC(=O)C[C@@H]1CN(C(=O)c2cc(C(F)(F)F)ncc2OC)C[C@H]1O. The Morgan fingerprint density at radius 2 is 2.12 bits per heavy atom. The maximum absolute atomic E-state index is 12.8. The summed E-state index contributed by atoms with van der Waals surface area (Å²) in [5.74, 6) is -1.59. The molecule has 1 aliphatic heterocycles. The molecule has 25 heavy (non-hydrogen) atoms. The molecule has 0 radical (unpaired) electrons. The standard InChI is InChI=1S/C15H18F3N3O4/c1-19-13(23)3-8-6-21(7-10(8)22)14(24)9-4-12(15(16,17)18)20-5-11(9)25-2/h4-5,8,10,22H,3,6-7H2,1-2H3,(H,19,23)/t8-,10-/m1/s1. The molecule has 2 amide bonds. The van der Waals surface area contributed by atoms with Gasteiger partial charge in [-0.15, -0.1) is 0 Å². The number of hydrogen-bond donors (Lipinski definition) is 2. The molecule has 0 aromatic carbocycles. The predicted octanol–water partition coefficient (Wildman–Crippen LogP) is 0.678. The molecule has 1 fully saturated rings. The molecule has 0 saturated carbocycles. The highest BCUT2D eigenvalue weighted by molar-refractivity contribution is 5.97. The molecule has 10 heteroatoms. The quantitative estimate of drug-likeness (QED) is 0.823. The Hall–Kier alpha value is -2.36. The molecule has 1 aromatic heterocycles. The van der Waals surface area contributed by atoms with Gasteiger partial charge in [0.25, 0.3) is 5.91 Å². The first kappa shape index (κ1) is 19.0. The third-order valence-corrected chi connectivity index (χ3v) is 4.03. The fraction of sp³-hybridized carbons (Fsp3) is 0.533. The van der Waals surface area contributed by atoms with Gasteiger partial charge < -0.3 is 20.1 Å². The van der Waals surface area contributed by atoms with Crippen molar-refractivity contribution in [2.45, 2.75) is 18.7 Å². The Balaban J connectivity index is 2.24. The normalized spacial score (nSPS) is 20.5.